The highest BCUT2D eigenvalue weighted by Crippen LogP contribution is 2.65. The van der Waals surface area contributed by atoms with Gasteiger partial charge in [0.25, 0.3) is 0 Å². The minimum Gasteiger partial charge on any atom is -0.479 e. The smallest absolute Gasteiger partial charge is 0.332 e. The van der Waals surface area contributed by atoms with E-state index in [0.29, 0.717) is 0 Å². The van der Waals surface area contributed by atoms with Gasteiger partial charge in [-0.25, -0.2) is 9.18 Å². The van der Waals surface area contributed by atoms with Crippen molar-refractivity contribution >= 4 is 23.6 Å². The Bertz CT molecular complexity index is 1230. The Morgan fingerprint density at radius 1 is 0.943 bits per heavy atom. The maximum absolute atomic E-state index is 14.4. The van der Waals surface area contributed by atoms with E-state index < -0.39 is 51.3 Å². The summed E-state index contributed by atoms with van der Waals surface area (Å²) in [6.07, 6.45) is -1.37. The number of carbonyl (C=O) groups excluding carboxylic acids is 1. The molecule has 0 radical (unpaired) electrons. The van der Waals surface area contributed by atoms with Crippen LogP contribution in [0.2, 0.25) is 0 Å². The number of amides is 1. The van der Waals surface area contributed by atoms with Crippen LogP contribution in [0.25, 0.3) is 0 Å². The van der Waals surface area contributed by atoms with Crippen molar-refractivity contribution in [2.75, 3.05) is 0 Å². The monoisotopic (exact) mass is 491 g/mol. The molecule has 2 N–H and O–H groups in total. The Morgan fingerprint density at radius 3 is 1.97 bits per heavy atom. The first kappa shape index (κ1) is 23.6. The van der Waals surface area contributed by atoms with Gasteiger partial charge in [-0.05, 0) is 31.0 Å². The molecule has 35 heavy (non-hydrogen) atoms. The van der Waals surface area contributed by atoms with Crippen molar-refractivity contribution in [2.24, 2.45) is 5.92 Å². The zero-order valence-electron chi connectivity index (χ0n) is 19.3. The number of aliphatic hydroxyl groups excluding tert-OH is 1. The fraction of sp³-hybridized carbons (Fsp3) is 0.286. The number of halogens is 1. The van der Waals surface area contributed by atoms with Gasteiger partial charge in [-0.2, -0.15) is 0 Å². The summed E-state index contributed by atoms with van der Waals surface area (Å²) in [5.74, 6) is -3.79. The van der Waals surface area contributed by atoms with E-state index in [9.17, 15) is 24.2 Å². The number of hydrogen-bond acceptors (Lipinski definition) is 4. The van der Waals surface area contributed by atoms with Crippen molar-refractivity contribution in [3.05, 3.63) is 107 Å². The molecule has 0 aliphatic carbocycles. The van der Waals surface area contributed by atoms with Gasteiger partial charge in [0.2, 0.25) is 5.91 Å². The second-order valence-corrected chi connectivity index (χ2v) is 11.3. The van der Waals surface area contributed by atoms with E-state index in [0.717, 1.165) is 11.1 Å². The van der Waals surface area contributed by atoms with Gasteiger partial charge < -0.3 is 15.1 Å². The lowest BCUT2D eigenvalue weighted by Crippen LogP contribution is -2.73. The standard InChI is InChI=1S/C28H26FNO4S/c1-27(2)28(26(33)34,22(17-11-5-3-6-12-17)18-13-7-4-8-14-18)30-24(32)21(25(30)35-27)23(31)19-15-9-10-16-20(19)29/h3-16,21-23,25,31H,1-2H3,(H,33,34)/t21-,23?,25-,28+/m1/s1. The maximum Gasteiger partial charge on any atom is 0.332 e. The second kappa shape index (κ2) is 8.50. The summed E-state index contributed by atoms with van der Waals surface area (Å²) in [5, 5.41) is 21.3. The van der Waals surface area contributed by atoms with Crippen molar-refractivity contribution in [1.29, 1.82) is 0 Å². The predicted molar refractivity (Wildman–Crippen MR) is 132 cm³/mol. The first-order chi connectivity index (χ1) is 16.7. The molecule has 1 amide bonds. The highest BCUT2D eigenvalue weighted by atomic mass is 32.2. The van der Waals surface area contributed by atoms with Crippen LogP contribution in [0.3, 0.4) is 0 Å². The van der Waals surface area contributed by atoms with Gasteiger partial charge in [0, 0.05) is 16.2 Å². The van der Waals surface area contributed by atoms with Gasteiger partial charge in [-0.3, -0.25) is 4.79 Å². The number of benzene rings is 3. The average Bonchev–Trinajstić information content (AvgIpc) is 3.05. The number of carbonyl (C=O) groups is 2. The van der Waals surface area contributed by atoms with E-state index in [1.54, 1.807) is 6.07 Å². The molecule has 2 aliphatic rings. The molecule has 0 saturated carbocycles. The first-order valence-electron chi connectivity index (χ1n) is 11.5. The first-order valence-corrected chi connectivity index (χ1v) is 12.4. The number of carboxylic acid groups (broad SMARTS) is 1. The number of aliphatic carboxylic acids is 1. The highest BCUT2D eigenvalue weighted by molar-refractivity contribution is 8.01. The molecule has 0 bridgehead atoms. The third-order valence-corrected chi connectivity index (χ3v) is 9.02. The van der Waals surface area contributed by atoms with Gasteiger partial charge in [-0.15, -0.1) is 11.8 Å². The van der Waals surface area contributed by atoms with Crippen LogP contribution >= 0.6 is 11.8 Å². The summed E-state index contributed by atoms with van der Waals surface area (Å²) in [5.41, 5.74) is -0.0322. The summed E-state index contributed by atoms with van der Waals surface area (Å²) < 4.78 is 13.5. The number of hydrogen-bond donors (Lipinski definition) is 2. The van der Waals surface area contributed by atoms with Crippen LogP contribution in [0.1, 0.15) is 42.6 Å². The number of rotatable bonds is 6. The van der Waals surface area contributed by atoms with Gasteiger partial charge in [0.05, 0.1) is 17.4 Å². The van der Waals surface area contributed by atoms with E-state index in [-0.39, 0.29) is 5.56 Å². The van der Waals surface area contributed by atoms with Crippen molar-refractivity contribution in [2.45, 2.75) is 41.5 Å². The Balaban J connectivity index is 1.66. The lowest BCUT2D eigenvalue weighted by molar-refractivity contribution is -0.181. The Morgan fingerprint density at radius 2 is 1.46 bits per heavy atom. The summed E-state index contributed by atoms with van der Waals surface area (Å²) >= 11 is 1.35. The highest BCUT2D eigenvalue weighted by Gasteiger charge is 2.76. The van der Waals surface area contributed by atoms with Crippen LogP contribution < -0.4 is 0 Å². The average molecular weight is 492 g/mol. The zero-order valence-corrected chi connectivity index (χ0v) is 20.2. The van der Waals surface area contributed by atoms with E-state index in [4.69, 9.17) is 0 Å². The molecule has 5 rings (SSSR count). The largest absolute Gasteiger partial charge is 0.479 e. The SMILES string of the molecule is CC1(C)S[C@@H]2[C@H](C(O)c3ccccc3F)C(=O)N2[C@]1(C(=O)O)C(c1ccccc1)c1ccccc1. The zero-order chi connectivity index (χ0) is 25.0. The minimum absolute atomic E-state index is 0.0411. The summed E-state index contributed by atoms with van der Waals surface area (Å²) in [7, 11) is 0. The van der Waals surface area contributed by atoms with Gasteiger partial charge in [0.1, 0.15) is 5.82 Å². The molecule has 2 aliphatic heterocycles. The Labute approximate surface area is 207 Å². The normalized spacial score (nSPS) is 25.7. The molecule has 3 aromatic rings. The number of nitrogens with zero attached hydrogens (tertiary/aromatic N) is 1. The molecule has 0 spiro atoms. The van der Waals surface area contributed by atoms with Crippen LogP contribution in [0.15, 0.2) is 84.9 Å². The molecule has 3 aromatic carbocycles. The molecule has 0 aromatic heterocycles. The maximum atomic E-state index is 14.4. The van der Waals surface area contributed by atoms with Crippen molar-refractivity contribution in [3.8, 4) is 0 Å². The van der Waals surface area contributed by atoms with Gasteiger partial charge in [-0.1, -0.05) is 78.9 Å². The van der Waals surface area contributed by atoms with Crippen LogP contribution in [-0.4, -0.2) is 42.6 Å². The number of fused-ring (bicyclic) bond motifs is 1. The third kappa shape index (κ3) is 3.32. The minimum atomic E-state index is -1.63. The van der Waals surface area contributed by atoms with Gasteiger partial charge in [0.15, 0.2) is 5.54 Å². The predicted octanol–water partition coefficient (Wildman–Crippen LogP) is 4.82. The van der Waals surface area contributed by atoms with E-state index in [2.05, 4.69) is 0 Å². The third-order valence-electron chi connectivity index (χ3n) is 7.37. The van der Waals surface area contributed by atoms with Crippen LogP contribution in [-0.2, 0) is 9.59 Å². The number of β-lactam (4-membered cyclic amide) rings is 1. The summed E-state index contributed by atoms with van der Waals surface area (Å²) in [6, 6.07) is 24.5. The second-order valence-electron chi connectivity index (χ2n) is 9.55. The molecular weight excluding hydrogens is 465 g/mol. The van der Waals surface area contributed by atoms with Crippen molar-refractivity contribution in [1.82, 2.24) is 4.90 Å². The van der Waals surface area contributed by atoms with Crippen LogP contribution in [0, 0.1) is 11.7 Å². The fourth-order valence-electron chi connectivity index (χ4n) is 5.80. The molecule has 4 atom stereocenters. The fourth-order valence-corrected chi connectivity index (χ4v) is 7.68. The van der Waals surface area contributed by atoms with Crippen molar-refractivity contribution in [3.63, 3.8) is 0 Å². The summed E-state index contributed by atoms with van der Waals surface area (Å²) in [6.45, 7) is 3.67. The lowest BCUT2D eigenvalue weighted by Gasteiger charge is -2.54. The molecule has 2 heterocycles. The van der Waals surface area contributed by atoms with E-state index in [1.165, 1.54) is 34.9 Å². The Kier molecular flexibility index (Phi) is 5.73. The van der Waals surface area contributed by atoms with E-state index in [1.807, 2.05) is 74.5 Å². The molecule has 5 nitrogen and oxygen atoms in total. The van der Waals surface area contributed by atoms with Crippen LogP contribution in [0.4, 0.5) is 4.39 Å². The van der Waals surface area contributed by atoms with Gasteiger partial charge >= 0.3 is 5.97 Å². The molecule has 2 fully saturated rings. The van der Waals surface area contributed by atoms with E-state index >= 15 is 0 Å². The quantitative estimate of drug-likeness (QED) is 0.483. The van der Waals surface area contributed by atoms with Crippen LogP contribution in [0.5, 0.6) is 0 Å². The molecule has 7 heteroatoms. The molecule has 1 unspecified atom stereocenters. The molecular formula is C28H26FNO4S. The topological polar surface area (TPSA) is 77.8 Å². The number of thioether (sulfide) groups is 1. The number of aliphatic hydroxyl groups is 1. The van der Waals surface area contributed by atoms with Crippen molar-refractivity contribution < 1.29 is 24.2 Å². The Hall–Kier alpha value is -3.16. The summed E-state index contributed by atoms with van der Waals surface area (Å²) in [4.78, 5) is 28.5. The lowest BCUT2D eigenvalue weighted by atomic mass is 9.65. The molecule has 180 valence electrons. The molecule has 2 saturated heterocycles. The number of carboxylic acids is 1.